The number of methoxy groups -OCH3 is 1. The average molecular weight is 387 g/mol. The van der Waals surface area contributed by atoms with Crippen molar-refractivity contribution in [2.24, 2.45) is 5.92 Å². The third kappa shape index (κ3) is 5.24. The SMILES string of the molecule is CNc1cc(C)nc(Nc2ccc(OC)c(OC[C@H](O)CN3CC(C)C3)c2)n1. The molecule has 1 aliphatic heterocycles. The summed E-state index contributed by atoms with van der Waals surface area (Å²) < 4.78 is 11.2. The number of β-amino-alcohol motifs (C(OH)–C–C–N with tert-alkyl or cyclic N) is 1. The number of aromatic nitrogens is 2. The Morgan fingerprint density at radius 2 is 2.04 bits per heavy atom. The highest BCUT2D eigenvalue weighted by Gasteiger charge is 2.24. The predicted octanol–water partition coefficient (Wildman–Crippen LogP) is 2.27. The standard InChI is InChI=1S/C20H29N5O3/c1-13-9-25(10-13)11-16(26)12-28-18-8-15(5-6-17(18)27-4)23-20-22-14(2)7-19(21-3)24-20/h5-8,13,16,26H,9-12H2,1-4H3,(H2,21,22,23,24)/t16-/m1/s1. The van der Waals surface area contributed by atoms with E-state index in [4.69, 9.17) is 9.47 Å². The van der Waals surface area contributed by atoms with Crippen LogP contribution < -0.4 is 20.1 Å². The number of aryl methyl sites for hydroxylation is 1. The molecule has 0 spiro atoms. The molecular formula is C20H29N5O3. The van der Waals surface area contributed by atoms with Gasteiger partial charge in [-0.05, 0) is 25.0 Å². The van der Waals surface area contributed by atoms with Gasteiger partial charge >= 0.3 is 0 Å². The number of aliphatic hydroxyl groups excluding tert-OH is 1. The predicted molar refractivity (Wildman–Crippen MR) is 110 cm³/mol. The van der Waals surface area contributed by atoms with Crippen LogP contribution >= 0.6 is 0 Å². The Hall–Kier alpha value is -2.58. The normalized spacial score (nSPS) is 15.6. The number of anilines is 3. The molecule has 1 saturated heterocycles. The van der Waals surface area contributed by atoms with Gasteiger partial charge in [0.1, 0.15) is 18.5 Å². The number of rotatable bonds is 9. The summed E-state index contributed by atoms with van der Waals surface area (Å²) in [5, 5.41) is 16.4. The van der Waals surface area contributed by atoms with Crippen molar-refractivity contribution < 1.29 is 14.6 Å². The number of nitrogens with zero attached hydrogens (tertiary/aromatic N) is 3. The minimum Gasteiger partial charge on any atom is -0.493 e. The van der Waals surface area contributed by atoms with Crippen LogP contribution in [0.25, 0.3) is 0 Å². The van der Waals surface area contributed by atoms with Gasteiger partial charge in [-0.15, -0.1) is 0 Å². The van der Waals surface area contributed by atoms with Crippen molar-refractivity contribution in [2.45, 2.75) is 20.0 Å². The van der Waals surface area contributed by atoms with Gasteiger partial charge in [-0.3, -0.25) is 0 Å². The summed E-state index contributed by atoms with van der Waals surface area (Å²) >= 11 is 0. The summed E-state index contributed by atoms with van der Waals surface area (Å²) in [5.74, 6) is 3.11. The second-order valence-electron chi connectivity index (χ2n) is 7.25. The van der Waals surface area contributed by atoms with E-state index >= 15 is 0 Å². The highest BCUT2D eigenvalue weighted by atomic mass is 16.5. The van der Waals surface area contributed by atoms with Gasteiger partial charge in [-0.25, -0.2) is 4.98 Å². The number of likely N-dealkylation sites (tertiary alicyclic amines) is 1. The molecule has 1 atom stereocenters. The lowest BCUT2D eigenvalue weighted by Gasteiger charge is -2.38. The Kier molecular flexibility index (Phi) is 6.53. The first-order chi connectivity index (χ1) is 13.5. The van der Waals surface area contributed by atoms with Gasteiger partial charge in [0.25, 0.3) is 0 Å². The van der Waals surface area contributed by atoms with E-state index in [1.54, 1.807) is 7.11 Å². The maximum atomic E-state index is 10.2. The molecule has 2 heterocycles. The van der Waals surface area contributed by atoms with Crippen LogP contribution in [0.2, 0.25) is 0 Å². The molecular weight excluding hydrogens is 358 g/mol. The molecule has 3 rings (SSSR count). The Morgan fingerprint density at radius 3 is 2.71 bits per heavy atom. The molecule has 152 valence electrons. The second kappa shape index (κ2) is 9.07. The van der Waals surface area contributed by atoms with Gasteiger partial charge in [0.05, 0.1) is 7.11 Å². The Labute approximate surface area is 165 Å². The van der Waals surface area contributed by atoms with Crippen molar-refractivity contribution in [1.29, 1.82) is 0 Å². The van der Waals surface area contributed by atoms with Crippen LogP contribution in [0.5, 0.6) is 11.5 Å². The monoisotopic (exact) mass is 387 g/mol. The van der Waals surface area contributed by atoms with E-state index in [-0.39, 0.29) is 6.61 Å². The molecule has 0 aliphatic carbocycles. The summed E-state index contributed by atoms with van der Waals surface area (Å²) in [7, 11) is 3.41. The van der Waals surface area contributed by atoms with Gasteiger partial charge in [-0.2, -0.15) is 4.98 Å². The van der Waals surface area contributed by atoms with Gasteiger partial charge in [0.2, 0.25) is 5.95 Å². The van der Waals surface area contributed by atoms with E-state index in [0.29, 0.717) is 29.9 Å². The lowest BCUT2D eigenvalue weighted by molar-refractivity contribution is 0.0242. The lowest BCUT2D eigenvalue weighted by atomic mass is 10.0. The van der Waals surface area contributed by atoms with Gasteiger partial charge in [0, 0.05) is 50.2 Å². The zero-order chi connectivity index (χ0) is 20.1. The number of aliphatic hydroxyl groups is 1. The maximum Gasteiger partial charge on any atom is 0.229 e. The topological polar surface area (TPSA) is 91.8 Å². The van der Waals surface area contributed by atoms with Crippen molar-refractivity contribution in [3.05, 3.63) is 30.0 Å². The molecule has 1 aromatic carbocycles. The molecule has 0 radical (unpaired) electrons. The van der Waals surface area contributed by atoms with Gasteiger partial charge in [0.15, 0.2) is 11.5 Å². The first kappa shape index (κ1) is 20.2. The van der Waals surface area contributed by atoms with E-state index in [9.17, 15) is 5.11 Å². The zero-order valence-electron chi connectivity index (χ0n) is 16.9. The molecule has 8 heteroatoms. The van der Waals surface area contributed by atoms with Crippen LogP contribution in [0.3, 0.4) is 0 Å². The number of hydrogen-bond donors (Lipinski definition) is 3. The fourth-order valence-corrected chi connectivity index (χ4v) is 3.26. The first-order valence-electron chi connectivity index (χ1n) is 9.48. The third-order valence-corrected chi connectivity index (χ3v) is 4.57. The van der Waals surface area contributed by atoms with Crippen LogP contribution in [0.15, 0.2) is 24.3 Å². The molecule has 0 unspecified atom stereocenters. The first-order valence-corrected chi connectivity index (χ1v) is 9.48. The van der Waals surface area contributed by atoms with Crippen LogP contribution in [0, 0.1) is 12.8 Å². The van der Waals surface area contributed by atoms with Crippen molar-refractivity contribution in [3.8, 4) is 11.5 Å². The molecule has 3 N–H and O–H groups in total. The highest BCUT2D eigenvalue weighted by Crippen LogP contribution is 2.31. The number of nitrogens with one attached hydrogen (secondary N) is 2. The average Bonchev–Trinajstić information content (AvgIpc) is 2.64. The lowest BCUT2D eigenvalue weighted by Crippen LogP contribution is -2.49. The maximum absolute atomic E-state index is 10.2. The van der Waals surface area contributed by atoms with E-state index in [2.05, 4.69) is 32.4 Å². The quantitative estimate of drug-likeness (QED) is 0.604. The van der Waals surface area contributed by atoms with E-state index in [1.165, 1.54) is 0 Å². The van der Waals surface area contributed by atoms with E-state index in [1.807, 2.05) is 38.2 Å². The van der Waals surface area contributed by atoms with Crippen LogP contribution in [0.4, 0.5) is 17.5 Å². The van der Waals surface area contributed by atoms with Crippen LogP contribution in [0.1, 0.15) is 12.6 Å². The molecule has 2 aromatic rings. The summed E-state index contributed by atoms with van der Waals surface area (Å²) in [6.07, 6.45) is -0.549. The van der Waals surface area contributed by atoms with Crippen molar-refractivity contribution in [1.82, 2.24) is 14.9 Å². The molecule has 1 fully saturated rings. The van der Waals surface area contributed by atoms with Crippen LogP contribution in [-0.2, 0) is 0 Å². The molecule has 28 heavy (non-hydrogen) atoms. The van der Waals surface area contributed by atoms with Crippen molar-refractivity contribution in [3.63, 3.8) is 0 Å². The summed E-state index contributed by atoms with van der Waals surface area (Å²) in [5.41, 5.74) is 1.63. The minimum absolute atomic E-state index is 0.204. The van der Waals surface area contributed by atoms with Crippen molar-refractivity contribution in [2.75, 3.05) is 51.0 Å². The summed E-state index contributed by atoms with van der Waals surface area (Å²) in [6, 6.07) is 7.38. The second-order valence-corrected chi connectivity index (χ2v) is 7.25. The minimum atomic E-state index is -0.549. The summed E-state index contributed by atoms with van der Waals surface area (Å²) in [6.45, 7) is 7.01. The third-order valence-electron chi connectivity index (χ3n) is 4.57. The van der Waals surface area contributed by atoms with E-state index in [0.717, 1.165) is 30.3 Å². The molecule has 0 bridgehead atoms. The van der Waals surface area contributed by atoms with E-state index < -0.39 is 6.10 Å². The van der Waals surface area contributed by atoms with Crippen molar-refractivity contribution >= 4 is 17.5 Å². The molecule has 0 saturated carbocycles. The van der Waals surface area contributed by atoms with Gasteiger partial charge < -0.3 is 30.1 Å². The molecule has 1 aliphatic rings. The number of benzene rings is 1. The Balaban J connectivity index is 1.65. The molecule has 1 aromatic heterocycles. The summed E-state index contributed by atoms with van der Waals surface area (Å²) in [4.78, 5) is 11.0. The smallest absolute Gasteiger partial charge is 0.229 e. The molecule has 0 amide bonds. The zero-order valence-corrected chi connectivity index (χ0v) is 16.9. The largest absolute Gasteiger partial charge is 0.493 e. The fourth-order valence-electron chi connectivity index (χ4n) is 3.26. The Morgan fingerprint density at radius 1 is 1.25 bits per heavy atom. The number of hydrogen-bond acceptors (Lipinski definition) is 8. The molecule has 8 nitrogen and oxygen atoms in total. The number of ether oxygens (including phenoxy) is 2. The highest BCUT2D eigenvalue weighted by molar-refractivity contribution is 5.60. The van der Waals surface area contributed by atoms with Gasteiger partial charge in [-0.1, -0.05) is 6.92 Å². The fraction of sp³-hybridized carbons (Fsp3) is 0.500. The Bertz CT molecular complexity index is 795. The van der Waals surface area contributed by atoms with Crippen LogP contribution in [-0.4, -0.2) is 66.5 Å².